The number of ether oxygens (including phenoxy) is 1. The molecule has 0 amide bonds. The summed E-state index contributed by atoms with van der Waals surface area (Å²) in [5.41, 5.74) is -7.48. The zero-order valence-corrected chi connectivity index (χ0v) is 54.8. The first-order valence-corrected chi connectivity index (χ1v) is 32.9. The van der Waals surface area contributed by atoms with E-state index in [1.165, 1.54) is 0 Å². The van der Waals surface area contributed by atoms with Gasteiger partial charge in [-0.2, -0.15) is 87.8 Å². The average molecular weight is 1440 g/mol. The molecule has 28 heteroatoms. The predicted molar refractivity (Wildman–Crippen MR) is 325 cm³/mol. The van der Waals surface area contributed by atoms with Gasteiger partial charge >= 0.3 is 72.3 Å². The number of hydrogen-bond donors (Lipinski definition) is 3. The fourth-order valence-corrected chi connectivity index (χ4v) is 13.5. The fourth-order valence-electron chi connectivity index (χ4n) is 13.5. The minimum absolute atomic E-state index is 0.0321. The van der Waals surface area contributed by atoms with Crippen molar-refractivity contribution in [2.45, 2.75) is 240 Å². The monoisotopic (exact) mass is 1440 g/mol. The molecule has 3 N–H and O–H groups in total. The molecule has 0 bridgehead atoms. The lowest BCUT2D eigenvalue weighted by molar-refractivity contribution is -0.289. The van der Waals surface area contributed by atoms with Gasteiger partial charge in [-0.05, 0) is 167 Å². The molecule has 4 aliphatic carbocycles. The molecule has 8 nitrogen and oxygen atoms in total. The van der Waals surface area contributed by atoms with E-state index in [2.05, 4.69) is 20.8 Å². The van der Waals surface area contributed by atoms with Gasteiger partial charge in [0.15, 0.2) is 0 Å². The van der Waals surface area contributed by atoms with E-state index in [9.17, 15) is 122 Å². The Hall–Kier alpha value is -6.64. The molecule has 4 aliphatic rings. The van der Waals surface area contributed by atoms with Gasteiger partial charge < -0.3 is 20.1 Å². The molecule has 0 spiro atoms. The van der Waals surface area contributed by atoms with Crippen LogP contribution in [-0.4, -0.2) is 63.9 Å². The van der Waals surface area contributed by atoms with Crippen LogP contribution in [0.15, 0.2) is 97.1 Å². The molecule has 4 aromatic carbocycles. The molecule has 0 unspecified atom stereocenters. The van der Waals surface area contributed by atoms with E-state index < -0.39 is 111 Å². The molecule has 99 heavy (non-hydrogen) atoms. The number of carboxylic acid groups (broad SMARTS) is 3. The highest BCUT2D eigenvalue weighted by molar-refractivity contribution is 5.83. The van der Waals surface area contributed by atoms with Crippen molar-refractivity contribution in [2.24, 2.45) is 29.6 Å². The minimum Gasteiger partial charge on any atom is -0.481 e. The number of rotatable bonds is 19. The number of hydrogen-bond acceptors (Lipinski definition) is 5. The van der Waals surface area contributed by atoms with E-state index in [1.807, 2.05) is 6.92 Å². The zero-order chi connectivity index (χ0) is 74.6. The van der Waals surface area contributed by atoms with E-state index in [0.717, 1.165) is 119 Å². The Morgan fingerprint density at radius 3 is 0.899 bits per heavy atom. The first kappa shape index (κ1) is 83.0. The Kier molecular flexibility index (Phi) is 27.7. The molecule has 4 saturated carbocycles. The van der Waals surface area contributed by atoms with E-state index in [4.69, 9.17) is 4.74 Å². The molecule has 0 radical (unpaired) electrons. The fraction of sp³-hybridized carbons (Fsp3) is 0.606. The Balaban J connectivity index is 0.000000239. The van der Waals surface area contributed by atoms with Gasteiger partial charge in [0.1, 0.15) is 5.75 Å². The largest absolute Gasteiger partial charge is 0.481 e. The lowest BCUT2D eigenvalue weighted by Crippen LogP contribution is -2.40. The molecule has 0 saturated heterocycles. The number of carboxylic acids is 3. The van der Waals surface area contributed by atoms with Crippen LogP contribution in [0.3, 0.4) is 0 Å². The van der Waals surface area contributed by atoms with Crippen molar-refractivity contribution in [3.8, 4) is 5.75 Å². The Bertz CT molecular complexity index is 3220. The van der Waals surface area contributed by atoms with Gasteiger partial charge in [-0.25, -0.2) is 0 Å². The highest BCUT2D eigenvalue weighted by Crippen LogP contribution is 2.51. The maximum atomic E-state index is 13.4. The van der Waals surface area contributed by atoms with Crippen LogP contribution in [-0.2, 0) is 59.1 Å². The molecule has 0 aromatic heterocycles. The third-order valence-electron chi connectivity index (χ3n) is 20.2. The van der Waals surface area contributed by atoms with Gasteiger partial charge in [-0.15, -0.1) is 0 Å². The molecule has 0 aliphatic heterocycles. The van der Waals surface area contributed by atoms with E-state index in [-0.39, 0.29) is 22.8 Å². The topological polar surface area (TPSA) is 138 Å². The first-order valence-electron chi connectivity index (χ1n) is 32.9. The van der Waals surface area contributed by atoms with Gasteiger partial charge in [0, 0.05) is 22.3 Å². The molecule has 4 aromatic rings. The number of esters is 1. The highest BCUT2D eigenvalue weighted by atomic mass is 19.4. The number of aliphatic carboxylic acids is 3. The summed E-state index contributed by atoms with van der Waals surface area (Å²) >= 11 is 0. The quantitative estimate of drug-likeness (QED) is 0.0365. The molecule has 8 rings (SSSR count). The summed E-state index contributed by atoms with van der Waals surface area (Å²) in [5.74, 6) is -21.9. The second-order valence-corrected chi connectivity index (χ2v) is 26.6. The van der Waals surface area contributed by atoms with E-state index in [0.29, 0.717) is 155 Å². The third-order valence-corrected chi connectivity index (χ3v) is 20.2. The second kappa shape index (κ2) is 33.0. The number of carbonyl (C=O) groups excluding carboxylic acids is 1. The van der Waals surface area contributed by atoms with Crippen LogP contribution < -0.4 is 4.74 Å². The van der Waals surface area contributed by atoms with Crippen molar-refractivity contribution in [3.63, 3.8) is 0 Å². The van der Waals surface area contributed by atoms with Crippen molar-refractivity contribution < 1.29 is 127 Å². The number of halogens is 20. The van der Waals surface area contributed by atoms with Crippen LogP contribution in [0.1, 0.15) is 214 Å². The Morgan fingerprint density at radius 1 is 0.374 bits per heavy atom. The number of benzene rings is 4. The van der Waals surface area contributed by atoms with Crippen molar-refractivity contribution in [3.05, 3.63) is 136 Å². The summed E-state index contributed by atoms with van der Waals surface area (Å²) in [6.45, 7) is 8.29. The van der Waals surface area contributed by atoms with Crippen LogP contribution in [0, 0.1) is 29.6 Å². The van der Waals surface area contributed by atoms with Crippen LogP contribution in [0.25, 0.3) is 0 Å². The standard InChI is InChI=1S/C20H25F5O2.C18H21F5O2.C17H19F5O2.C16H17F5O2/c1-2-3-4-5-14-10-12-18(13-11-14,17(26)27)15-6-8-16(9-7-15)19(21,22)20(23,24)25;1-2-3-12-8-10-16(11-9-12,15(24)25)13-4-6-14(7-5-13)17(19,20)18(21,22)23;1-2-11-7-9-15(10-8-11,14(23)24)12-3-5-13(6-4-12)16(18,19)17(20,21)22;1-10-2-4-11(5-3-10)14(22)23-13-8-6-12(7-9-13)15(17,18)16(19,20)21/h6-9,14H,2-5,10-13H2,1H3,(H,26,27);4-7,12H,2-3,8-11H2,1H3,(H,24,25);3-6,11H,2,7-10H2,1H3,(H,23,24);6-11H,2-5H2,1H3/t;;11-,15-;. The summed E-state index contributed by atoms with van der Waals surface area (Å²) in [6, 6.07) is 13.9. The summed E-state index contributed by atoms with van der Waals surface area (Å²) < 4.78 is 261. The summed E-state index contributed by atoms with van der Waals surface area (Å²) in [7, 11) is 0. The van der Waals surface area contributed by atoms with Gasteiger partial charge in [0.25, 0.3) is 0 Å². The maximum Gasteiger partial charge on any atom is 0.458 e. The van der Waals surface area contributed by atoms with Crippen LogP contribution in [0.2, 0.25) is 0 Å². The van der Waals surface area contributed by atoms with Crippen molar-refractivity contribution in [2.75, 3.05) is 0 Å². The van der Waals surface area contributed by atoms with Crippen LogP contribution >= 0.6 is 0 Å². The number of carbonyl (C=O) groups is 4. The van der Waals surface area contributed by atoms with Gasteiger partial charge in [0.2, 0.25) is 0 Å². The molecule has 0 atom stereocenters. The zero-order valence-electron chi connectivity index (χ0n) is 54.8. The van der Waals surface area contributed by atoms with Crippen molar-refractivity contribution >= 4 is 23.9 Å². The Labute approximate surface area is 560 Å². The summed E-state index contributed by atoms with van der Waals surface area (Å²) in [5, 5.41) is 29.1. The van der Waals surface area contributed by atoms with Gasteiger partial charge in [-0.3, -0.25) is 19.2 Å². The molecular weight excluding hydrogens is 1360 g/mol. The summed E-state index contributed by atoms with van der Waals surface area (Å²) in [6.07, 6.45) is -5.72. The van der Waals surface area contributed by atoms with Crippen LogP contribution in [0.4, 0.5) is 87.8 Å². The lowest BCUT2D eigenvalue weighted by Gasteiger charge is -2.37. The van der Waals surface area contributed by atoms with E-state index in [1.54, 1.807) is 0 Å². The molecule has 4 fully saturated rings. The number of alkyl halides is 20. The van der Waals surface area contributed by atoms with Crippen molar-refractivity contribution in [1.82, 2.24) is 0 Å². The van der Waals surface area contributed by atoms with Crippen molar-refractivity contribution in [1.29, 1.82) is 0 Å². The molecular formula is C71H82F20O8. The SMILES string of the molecule is CC1CCC(C(=O)Oc2ccc(C(F)(F)C(F)(F)F)cc2)CC1.CCCC1CCC(C(=O)O)(c2ccc(C(F)(F)C(F)(F)F)cc2)CC1.CCCCCC1CCC(C(=O)O)(c2ccc(C(F)(F)C(F)(F)F)cc2)CC1.CC[C@H]1CC[C@@](C(=O)O)(c2ccc(C(F)(F)C(F)(F)F)cc2)CC1. The maximum absolute atomic E-state index is 13.4. The average Bonchev–Trinajstić information content (AvgIpc) is 0.777. The lowest BCUT2D eigenvalue weighted by atomic mass is 9.66. The van der Waals surface area contributed by atoms with Crippen LogP contribution in [0.5, 0.6) is 5.75 Å². The third kappa shape index (κ3) is 19.5. The normalized spacial score (nSPS) is 24.3. The molecule has 554 valence electrons. The van der Waals surface area contributed by atoms with Gasteiger partial charge in [0.05, 0.1) is 22.2 Å². The molecule has 0 heterocycles. The second-order valence-electron chi connectivity index (χ2n) is 26.6. The van der Waals surface area contributed by atoms with E-state index >= 15 is 0 Å². The van der Waals surface area contributed by atoms with Gasteiger partial charge in [-0.1, -0.05) is 145 Å². The smallest absolute Gasteiger partial charge is 0.458 e. The summed E-state index contributed by atoms with van der Waals surface area (Å²) in [4.78, 5) is 47.6. The minimum atomic E-state index is -5.68. The Morgan fingerprint density at radius 2 is 0.646 bits per heavy atom. The predicted octanol–water partition coefficient (Wildman–Crippen LogP) is 22.4. The number of unbranched alkanes of at least 4 members (excludes halogenated alkanes) is 2. The first-order chi connectivity index (χ1) is 45.7. The highest BCUT2D eigenvalue weighted by Gasteiger charge is 2.62.